The zero-order valence-electron chi connectivity index (χ0n) is 41.1. The number of alkyl halides is 2. The number of hydrogen-bond acceptors (Lipinski definition) is 11. The van der Waals surface area contributed by atoms with Crippen molar-refractivity contribution in [2.45, 2.75) is 116 Å². The topological polar surface area (TPSA) is 185 Å². The smallest absolute Gasteiger partial charge is 0.324 e. The highest BCUT2D eigenvalue weighted by Gasteiger charge is 2.41. The number of likely N-dealkylation sites (tertiary alicyclic amines) is 1. The van der Waals surface area contributed by atoms with Crippen molar-refractivity contribution < 1.29 is 47.7 Å². The molecule has 0 spiro atoms. The summed E-state index contributed by atoms with van der Waals surface area (Å²) in [7, 11) is 3.17. The van der Waals surface area contributed by atoms with E-state index in [1.54, 1.807) is 39.3 Å². The van der Waals surface area contributed by atoms with Gasteiger partial charge in [-0.25, -0.2) is 9.82 Å². The Labute approximate surface area is 413 Å². The van der Waals surface area contributed by atoms with Crippen molar-refractivity contribution in [3.05, 3.63) is 65.5 Å². The minimum atomic E-state index is -2.23. The van der Waals surface area contributed by atoms with Crippen LogP contribution in [0.15, 0.2) is 48.7 Å². The second-order valence-electron chi connectivity index (χ2n) is 20.3. The number of hydrazine groups is 1. The number of nitrogens with one attached hydrogen (secondary N) is 2. The molecule has 376 valence electrons. The lowest BCUT2D eigenvalue weighted by atomic mass is 9.84. The van der Waals surface area contributed by atoms with Crippen LogP contribution in [0.3, 0.4) is 0 Å². The number of carbonyl (C=O) groups excluding carboxylic acids is 5. The fourth-order valence-electron chi connectivity index (χ4n) is 10.6. The van der Waals surface area contributed by atoms with Crippen molar-refractivity contribution in [2.75, 3.05) is 47.0 Å². The lowest BCUT2D eigenvalue weighted by Gasteiger charge is -2.37. The standard InChI is InChI=1S/C52H65ClFN7O9/c1-29(2)43(58(6)48(64)32-14-18-59(27-32)50(66)46(53)54)47(63)56-40-22-31-20-33(23-35(62)21-31)34-24-37-38(26-52(4,5)28-70-51(67)39-13-11-17-61(57-39)49(40)65)44(36-12-10-15-55-42(36)30(3)68-7)60-16-8-9-19-69-41(25-34)45(37)60/h10,12,15,20-21,23-25,29-30,32,39-40,43,46,57,62H,8-9,11,13-14,16-19,22,26-28H2,1-7H3,(H,56,63)/t30-,32-,39-,40-,43-,46-/m0/s1. The first kappa shape index (κ1) is 50.6. The van der Waals surface area contributed by atoms with Crippen LogP contribution >= 0.6 is 11.6 Å². The third-order valence-electron chi connectivity index (χ3n) is 14.2. The molecule has 0 unspecified atom stereocenters. The lowest BCUT2D eigenvalue weighted by molar-refractivity contribution is -0.155. The molecule has 6 atom stereocenters. The van der Waals surface area contributed by atoms with Crippen LogP contribution in [-0.2, 0) is 52.8 Å². The van der Waals surface area contributed by atoms with Crippen LogP contribution in [0.25, 0.3) is 33.3 Å². The highest BCUT2D eigenvalue weighted by molar-refractivity contribution is 6.29. The van der Waals surface area contributed by atoms with E-state index in [-0.39, 0.29) is 50.9 Å². The van der Waals surface area contributed by atoms with E-state index in [2.05, 4.69) is 41.3 Å². The van der Waals surface area contributed by atoms with Gasteiger partial charge in [-0.2, -0.15) is 0 Å². The zero-order chi connectivity index (χ0) is 50.2. The molecule has 4 aliphatic rings. The molecule has 3 N–H and O–H groups in total. The van der Waals surface area contributed by atoms with Crippen LogP contribution in [-0.4, -0.2) is 130 Å². The van der Waals surface area contributed by atoms with Gasteiger partial charge in [0.15, 0.2) is 0 Å². The number of fused-ring (bicyclic) bond motifs is 6. The summed E-state index contributed by atoms with van der Waals surface area (Å²) < 4.78 is 34.6. The van der Waals surface area contributed by atoms with E-state index < -0.39 is 70.6 Å². The number of halogens is 2. The Bertz CT molecular complexity index is 2660. The van der Waals surface area contributed by atoms with Crippen LogP contribution in [0.5, 0.6) is 11.5 Å². The van der Waals surface area contributed by atoms with Gasteiger partial charge < -0.3 is 39.0 Å². The predicted molar refractivity (Wildman–Crippen MR) is 261 cm³/mol. The predicted octanol–water partition coefficient (Wildman–Crippen LogP) is 6.47. The average Bonchev–Trinajstić information content (AvgIpc) is 3.93. The summed E-state index contributed by atoms with van der Waals surface area (Å²) in [5.41, 5.74) is 6.84. The maximum atomic E-state index is 14.8. The van der Waals surface area contributed by atoms with Crippen LogP contribution < -0.4 is 15.5 Å². The summed E-state index contributed by atoms with van der Waals surface area (Å²) >= 11 is 5.42. The van der Waals surface area contributed by atoms with Crippen LogP contribution in [0.2, 0.25) is 0 Å². The number of ether oxygens (including phenoxy) is 3. The number of methoxy groups -OCH3 is 1. The first-order valence-electron chi connectivity index (χ1n) is 24.4. The number of carbonyl (C=O) groups is 5. The number of aromatic hydroxyl groups is 1. The first-order chi connectivity index (χ1) is 33.3. The van der Waals surface area contributed by atoms with Gasteiger partial charge in [-0.15, -0.1) is 0 Å². The van der Waals surface area contributed by atoms with E-state index >= 15 is 0 Å². The van der Waals surface area contributed by atoms with Crippen LogP contribution in [0.4, 0.5) is 4.39 Å². The lowest BCUT2D eigenvalue weighted by Crippen LogP contribution is -2.62. The monoisotopic (exact) mass is 985 g/mol. The van der Waals surface area contributed by atoms with Gasteiger partial charge in [0.25, 0.3) is 17.4 Å². The Morgan fingerprint density at radius 3 is 2.54 bits per heavy atom. The molecule has 2 aromatic carbocycles. The van der Waals surface area contributed by atoms with E-state index in [0.717, 1.165) is 51.8 Å². The van der Waals surface area contributed by atoms with E-state index in [4.69, 9.17) is 30.8 Å². The van der Waals surface area contributed by atoms with Gasteiger partial charge in [0.1, 0.15) is 29.6 Å². The molecule has 0 radical (unpaired) electrons. The van der Waals surface area contributed by atoms with Crippen molar-refractivity contribution in [3.63, 3.8) is 0 Å². The molecular weight excluding hydrogens is 921 g/mol. The molecule has 4 aliphatic heterocycles. The summed E-state index contributed by atoms with van der Waals surface area (Å²) in [4.78, 5) is 77.0. The number of phenols is 1. The third kappa shape index (κ3) is 10.5. The van der Waals surface area contributed by atoms with Crippen LogP contribution in [0.1, 0.15) is 89.6 Å². The highest BCUT2D eigenvalue weighted by Crippen LogP contribution is 2.46. The minimum absolute atomic E-state index is 0.0434. The maximum absolute atomic E-state index is 14.8. The number of phenolic OH excluding ortho intramolecular Hbond substituents is 1. The molecule has 16 nitrogen and oxygen atoms in total. The highest BCUT2D eigenvalue weighted by atomic mass is 35.5. The number of aryl methyl sites for hydroxylation is 1. The third-order valence-corrected chi connectivity index (χ3v) is 14.3. The molecule has 0 saturated carbocycles. The number of cyclic esters (lactones) is 1. The molecule has 18 heteroatoms. The molecule has 4 aromatic rings. The Kier molecular flexibility index (Phi) is 15.1. The molecular formula is C52H65ClFN7O9. The summed E-state index contributed by atoms with van der Waals surface area (Å²) in [6, 6.07) is 10.1. The minimum Gasteiger partial charge on any atom is -0.508 e. The van der Waals surface area contributed by atoms with Crippen molar-refractivity contribution >= 4 is 52.1 Å². The normalized spacial score (nSPS) is 22.0. The van der Waals surface area contributed by atoms with Gasteiger partial charge in [-0.3, -0.25) is 34.0 Å². The summed E-state index contributed by atoms with van der Waals surface area (Å²) in [6.07, 6.45) is 4.70. The zero-order valence-corrected chi connectivity index (χ0v) is 41.8. The fourth-order valence-corrected chi connectivity index (χ4v) is 10.8. The number of likely N-dealkylation sites (N-methyl/N-ethyl adjacent to an activating group) is 1. The summed E-state index contributed by atoms with van der Waals surface area (Å²) in [6.45, 7) is 11.3. The Morgan fingerprint density at radius 1 is 1.03 bits per heavy atom. The van der Waals surface area contributed by atoms with E-state index in [9.17, 15) is 33.5 Å². The number of hydrogen-bond donors (Lipinski definition) is 3. The van der Waals surface area contributed by atoms with Crippen molar-refractivity contribution in [3.8, 4) is 33.9 Å². The van der Waals surface area contributed by atoms with Gasteiger partial charge in [0, 0.05) is 69.3 Å². The van der Waals surface area contributed by atoms with Gasteiger partial charge >= 0.3 is 5.97 Å². The molecule has 8 rings (SSSR count). The summed E-state index contributed by atoms with van der Waals surface area (Å²) in [5.74, 6) is -3.47. The second-order valence-corrected chi connectivity index (χ2v) is 20.7. The summed E-state index contributed by atoms with van der Waals surface area (Å²) in [5, 5.41) is 16.7. The SMILES string of the molecule is CO[C@@H](C)c1ncccc1-c1c2c3cc(cc4c3n1CCCCO4)-c1cc(O)cc(c1)C[C@H](NC(=O)[C@H](C(C)C)N(C)C(=O)[C@H]1CCN(C(=O)[C@H](F)Cl)C1)C(=O)N1CCC[C@H](N1)C(=O)OCC(C)(C)C2. The molecule has 6 heterocycles. The molecule has 2 fully saturated rings. The number of benzene rings is 2. The van der Waals surface area contributed by atoms with E-state index in [0.29, 0.717) is 49.3 Å². The Morgan fingerprint density at radius 2 is 1.80 bits per heavy atom. The van der Waals surface area contributed by atoms with Gasteiger partial charge in [-0.1, -0.05) is 45.4 Å². The molecule has 2 aromatic heterocycles. The first-order valence-corrected chi connectivity index (χ1v) is 24.8. The molecule has 4 amide bonds. The van der Waals surface area contributed by atoms with Gasteiger partial charge in [0.2, 0.25) is 11.8 Å². The van der Waals surface area contributed by atoms with Crippen LogP contribution in [0, 0.1) is 17.3 Å². The van der Waals surface area contributed by atoms with E-state index in [1.165, 1.54) is 21.9 Å². The van der Waals surface area contributed by atoms with Crippen molar-refractivity contribution in [1.29, 1.82) is 0 Å². The molecule has 70 heavy (non-hydrogen) atoms. The van der Waals surface area contributed by atoms with Gasteiger partial charge in [0.05, 0.1) is 42.1 Å². The molecule has 2 saturated heterocycles. The van der Waals surface area contributed by atoms with Crippen molar-refractivity contribution in [2.24, 2.45) is 17.3 Å². The Balaban J connectivity index is 1.23. The maximum Gasteiger partial charge on any atom is 0.324 e. The van der Waals surface area contributed by atoms with E-state index in [1.807, 2.05) is 25.1 Å². The second kappa shape index (κ2) is 20.9. The number of nitrogens with zero attached hydrogens (tertiary/aromatic N) is 5. The molecule has 6 bridgehead atoms. The van der Waals surface area contributed by atoms with Crippen molar-refractivity contribution in [1.82, 2.24) is 35.1 Å². The average molecular weight is 987 g/mol. The number of rotatable bonds is 9. The number of aromatic nitrogens is 2. The number of esters is 1. The quantitative estimate of drug-likeness (QED) is 0.123. The Hall–Kier alpha value is -5.78. The fraction of sp³-hybridized carbons (Fsp3) is 0.538. The number of pyridine rings is 1. The largest absolute Gasteiger partial charge is 0.508 e. The van der Waals surface area contributed by atoms with Gasteiger partial charge in [-0.05, 0) is 110 Å². The number of amides is 4. The molecule has 0 aliphatic carbocycles.